The molecule has 10 atom stereocenters. The van der Waals surface area contributed by atoms with Crippen LogP contribution in [0.3, 0.4) is 0 Å². The minimum Gasteiger partial charge on any atom is -0.394 e. The first-order valence-corrected chi connectivity index (χ1v) is 9.51. The fourth-order valence-corrected chi connectivity index (χ4v) is 3.43. The van der Waals surface area contributed by atoms with Crippen LogP contribution < -0.4 is 10.6 Å². The molecule has 0 spiro atoms. The van der Waals surface area contributed by atoms with Gasteiger partial charge in [-0.15, -0.1) is 0 Å². The monoisotopic (exact) mass is 432 g/mol. The smallest absolute Gasteiger partial charge is 0.157 e. The van der Waals surface area contributed by atoms with Crippen molar-refractivity contribution in [3.8, 4) is 0 Å². The lowest BCUT2D eigenvalue weighted by Crippen LogP contribution is -2.60. The maximum Gasteiger partial charge on any atom is 0.157 e. The molecule has 0 amide bonds. The largest absolute Gasteiger partial charge is 0.394 e. The van der Waals surface area contributed by atoms with Gasteiger partial charge in [0.1, 0.15) is 48.8 Å². The van der Waals surface area contributed by atoms with Gasteiger partial charge in [0.25, 0.3) is 0 Å². The van der Waals surface area contributed by atoms with E-state index in [1.165, 1.54) is 0 Å². The minimum absolute atomic E-state index is 0.485. The highest BCUT2D eigenvalue weighted by Crippen LogP contribution is 2.26. The van der Waals surface area contributed by atoms with E-state index in [1.807, 2.05) is 0 Å². The molecule has 10 N–H and O–H groups in total. The van der Waals surface area contributed by atoms with E-state index in [4.69, 9.17) is 9.47 Å². The van der Waals surface area contributed by atoms with Crippen molar-refractivity contribution >= 4 is 11.4 Å². The molecule has 1 aromatic carbocycles. The molecule has 2 heterocycles. The number of hydrogen-bond acceptors (Lipinski definition) is 12. The Labute approximate surface area is 171 Å². The first-order valence-electron chi connectivity index (χ1n) is 9.51. The Morgan fingerprint density at radius 3 is 1.20 bits per heavy atom. The standard InChI is InChI=1S/C18H28N2O10/c21-5-9-11(23)13(25)15(27)17(29-9)19-7-1-2-8(4-3-7)20-18-16(28)14(26)12(24)10(6-22)30-18/h1-4,9-28H,5-6H2/t9-,10-,11+,12+,13+,14+,15+,16+,17-,18+/m0/s1. The summed E-state index contributed by atoms with van der Waals surface area (Å²) in [6.45, 7) is -1.07. The van der Waals surface area contributed by atoms with Crippen LogP contribution in [0.15, 0.2) is 24.3 Å². The van der Waals surface area contributed by atoms with Crippen molar-refractivity contribution < 1.29 is 50.3 Å². The van der Waals surface area contributed by atoms with E-state index in [0.717, 1.165) is 0 Å². The van der Waals surface area contributed by atoms with E-state index in [0.29, 0.717) is 11.4 Å². The Bertz CT molecular complexity index is 618. The second kappa shape index (κ2) is 9.70. The van der Waals surface area contributed by atoms with E-state index in [2.05, 4.69) is 10.6 Å². The number of anilines is 2. The number of aliphatic hydroxyl groups excluding tert-OH is 8. The van der Waals surface area contributed by atoms with E-state index in [1.54, 1.807) is 24.3 Å². The Hall–Kier alpha value is -1.58. The van der Waals surface area contributed by atoms with Crippen molar-refractivity contribution in [2.24, 2.45) is 0 Å². The van der Waals surface area contributed by atoms with Crippen molar-refractivity contribution in [1.29, 1.82) is 0 Å². The molecule has 0 bridgehead atoms. The zero-order chi connectivity index (χ0) is 22.0. The van der Waals surface area contributed by atoms with Crippen LogP contribution in [0.5, 0.6) is 0 Å². The third kappa shape index (κ3) is 4.68. The van der Waals surface area contributed by atoms with Gasteiger partial charge < -0.3 is 61.0 Å². The first-order chi connectivity index (χ1) is 14.3. The highest BCUT2D eigenvalue weighted by Gasteiger charge is 2.44. The lowest BCUT2D eigenvalue weighted by molar-refractivity contribution is -0.221. The molecule has 2 fully saturated rings. The fourth-order valence-electron chi connectivity index (χ4n) is 3.43. The maximum atomic E-state index is 10.1. The summed E-state index contributed by atoms with van der Waals surface area (Å²) in [5.74, 6) is 0. The van der Waals surface area contributed by atoms with Crippen molar-refractivity contribution in [3.63, 3.8) is 0 Å². The molecule has 2 aliphatic rings. The molecule has 2 aliphatic heterocycles. The topological polar surface area (TPSA) is 204 Å². The van der Waals surface area contributed by atoms with E-state index in [-0.39, 0.29) is 0 Å². The molecule has 12 heteroatoms. The molecule has 30 heavy (non-hydrogen) atoms. The van der Waals surface area contributed by atoms with Crippen LogP contribution in [0.25, 0.3) is 0 Å². The van der Waals surface area contributed by atoms with Gasteiger partial charge in [0.05, 0.1) is 13.2 Å². The quantitative estimate of drug-likeness (QED) is 0.210. The van der Waals surface area contributed by atoms with Crippen molar-refractivity contribution in [2.75, 3.05) is 23.8 Å². The molecular weight excluding hydrogens is 404 g/mol. The molecule has 1 aromatic rings. The Morgan fingerprint density at radius 1 is 0.567 bits per heavy atom. The molecule has 0 unspecified atom stereocenters. The van der Waals surface area contributed by atoms with Gasteiger partial charge in [-0.3, -0.25) is 0 Å². The second-order valence-corrected chi connectivity index (χ2v) is 7.36. The van der Waals surface area contributed by atoms with E-state index < -0.39 is 74.5 Å². The molecule has 0 radical (unpaired) electrons. The van der Waals surface area contributed by atoms with Crippen LogP contribution >= 0.6 is 0 Å². The predicted molar refractivity (Wildman–Crippen MR) is 101 cm³/mol. The van der Waals surface area contributed by atoms with Gasteiger partial charge in [-0.2, -0.15) is 0 Å². The number of nitrogens with one attached hydrogen (secondary N) is 2. The number of rotatable bonds is 6. The van der Waals surface area contributed by atoms with Gasteiger partial charge in [0.15, 0.2) is 12.5 Å². The predicted octanol–water partition coefficient (Wildman–Crippen LogP) is -3.89. The van der Waals surface area contributed by atoms with Crippen LogP contribution in [0.2, 0.25) is 0 Å². The van der Waals surface area contributed by atoms with Crippen LogP contribution in [0, 0.1) is 0 Å². The minimum atomic E-state index is -1.50. The van der Waals surface area contributed by atoms with Gasteiger partial charge in [-0.1, -0.05) is 0 Å². The number of benzene rings is 1. The molecule has 2 saturated heterocycles. The average molecular weight is 432 g/mol. The fraction of sp³-hybridized carbons (Fsp3) is 0.667. The Kier molecular flexibility index (Phi) is 7.47. The zero-order valence-corrected chi connectivity index (χ0v) is 15.9. The molecular formula is C18H28N2O10. The second-order valence-electron chi connectivity index (χ2n) is 7.36. The van der Waals surface area contributed by atoms with E-state index in [9.17, 15) is 40.9 Å². The summed E-state index contributed by atoms with van der Waals surface area (Å²) in [6, 6.07) is 6.36. The van der Waals surface area contributed by atoms with Crippen molar-refractivity contribution in [2.45, 2.75) is 61.3 Å². The van der Waals surface area contributed by atoms with Crippen LogP contribution in [0.4, 0.5) is 11.4 Å². The van der Waals surface area contributed by atoms with Gasteiger partial charge in [0.2, 0.25) is 0 Å². The van der Waals surface area contributed by atoms with Crippen molar-refractivity contribution in [1.82, 2.24) is 0 Å². The molecule has 170 valence electrons. The van der Waals surface area contributed by atoms with Gasteiger partial charge in [0, 0.05) is 11.4 Å². The van der Waals surface area contributed by atoms with E-state index >= 15 is 0 Å². The number of hydrogen-bond donors (Lipinski definition) is 10. The van der Waals surface area contributed by atoms with Gasteiger partial charge in [-0.05, 0) is 24.3 Å². The molecule has 12 nitrogen and oxygen atoms in total. The summed E-state index contributed by atoms with van der Waals surface area (Å²) in [6.07, 6.45) is -13.0. The molecule has 3 rings (SSSR count). The molecule has 0 aromatic heterocycles. The summed E-state index contributed by atoms with van der Waals surface area (Å²) in [5.41, 5.74) is 0.970. The van der Waals surface area contributed by atoms with Crippen LogP contribution in [-0.2, 0) is 9.47 Å². The Balaban J connectivity index is 1.62. The number of ether oxygens (including phenoxy) is 2. The molecule has 0 aliphatic carbocycles. The molecule has 0 saturated carbocycles. The highest BCUT2D eigenvalue weighted by atomic mass is 16.6. The SMILES string of the molecule is OC[C@@H]1O[C@@H](Nc2ccc(N[C@H]3O[C@@H](CO)[C@@H](O)[C@@H](O)[C@H]3O)cc2)[C@H](O)[C@H](O)[C@@H]1O. The summed E-state index contributed by atoms with van der Waals surface area (Å²) in [4.78, 5) is 0. The third-order valence-electron chi connectivity index (χ3n) is 5.29. The van der Waals surface area contributed by atoms with Crippen molar-refractivity contribution in [3.05, 3.63) is 24.3 Å². The summed E-state index contributed by atoms with van der Waals surface area (Å²) in [7, 11) is 0. The summed E-state index contributed by atoms with van der Waals surface area (Å²) < 4.78 is 10.8. The van der Waals surface area contributed by atoms with Gasteiger partial charge in [-0.25, -0.2) is 0 Å². The van der Waals surface area contributed by atoms with Crippen LogP contribution in [0.1, 0.15) is 0 Å². The third-order valence-corrected chi connectivity index (χ3v) is 5.29. The number of aliphatic hydroxyl groups is 8. The summed E-state index contributed by atoms with van der Waals surface area (Å²) in [5, 5.41) is 83.6. The summed E-state index contributed by atoms with van der Waals surface area (Å²) >= 11 is 0. The van der Waals surface area contributed by atoms with Gasteiger partial charge >= 0.3 is 0 Å². The Morgan fingerprint density at radius 2 is 0.900 bits per heavy atom. The lowest BCUT2D eigenvalue weighted by atomic mass is 9.98. The van der Waals surface area contributed by atoms with Crippen LogP contribution in [-0.4, -0.2) is 115 Å². The highest BCUT2D eigenvalue weighted by molar-refractivity contribution is 5.54. The zero-order valence-electron chi connectivity index (χ0n) is 15.9. The maximum absolute atomic E-state index is 10.1. The normalized spacial score (nSPS) is 42.0. The lowest BCUT2D eigenvalue weighted by Gasteiger charge is -2.40. The first kappa shape index (κ1) is 23.1. The average Bonchev–Trinajstić information content (AvgIpc) is 2.75.